The van der Waals surface area contributed by atoms with E-state index in [-0.39, 0.29) is 22.5 Å². The molecule has 0 saturated heterocycles. The Morgan fingerprint density at radius 1 is 1.08 bits per heavy atom. The molecule has 0 bridgehead atoms. The maximum absolute atomic E-state index is 12.0. The summed E-state index contributed by atoms with van der Waals surface area (Å²) in [4.78, 5) is 11.0. The number of methoxy groups -OCH3 is 1. The Morgan fingerprint density at radius 3 is 2.21 bits per heavy atom. The standard InChI is InChI=1S/C16H15ClN3O3S/c1-9(21)18-10-3-5-11(6-4-10)19-16(24)20-13-7-12(17)15(23-2)8-14(13)22/h3-8H,1-2H3,(H,18,21)(H2,19,20,24). The molecule has 24 heavy (non-hydrogen) atoms. The monoisotopic (exact) mass is 364 g/mol. The highest BCUT2D eigenvalue weighted by molar-refractivity contribution is 7.80. The quantitative estimate of drug-likeness (QED) is 0.706. The Labute approximate surface area is 149 Å². The van der Waals surface area contributed by atoms with Gasteiger partial charge in [-0.2, -0.15) is 0 Å². The van der Waals surface area contributed by atoms with Crippen molar-refractivity contribution in [2.24, 2.45) is 0 Å². The zero-order chi connectivity index (χ0) is 17.7. The van der Waals surface area contributed by atoms with Crippen LogP contribution in [0.3, 0.4) is 0 Å². The molecule has 0 aliphatic rings. The van der Waals surface area contributed by atoms with Crippen molar-refractivity contribution < 1.29 is 14.6 Å². The van der Waals surface area contributed by atoms with Crippen LogP contribution >= 0.6 is 23.8 Å². The normalized spacial score (nSPS) is 9.96. The van der Waals surface area contributed by atoms with E-state index in [4.69, 9.17) is 28.6 Å². The Kier molecular flexibility index (Phi) is 5.83. The van der Waals surface area contributed by atoms with Crippen LogP contribution in [0.25, 0.3) is 0 Å². The average molecular weight is 365 g/mol. The van der Waals surface area contributed by atoms with Gasteiger partial charge in [-0.25, -0.2) is 0 Å². The van der Waals surface area contributed by atoms with Crippen molar-refractivity contribution in [3.8, 4) is 11.5 Å². The second-order valence-electron chi connectivity index (χ2n) is 4.82. The lowest BCUT2D eigenvalue weighted by Crippen LogP contribution is -2.19. The zero-order valence-electron chi connectivity index (χ0n) is 13.0. The molecule has 2 aromatic carbocycles. The van der Waals surface area contributed by atoms with Crippen LogP contribution in [0.4, 0.5) is 17.1 Å². The highest BCUT2D eigenvalue weighted by Crippen LogP contribution is 2.35. The number of rotatable bonds is 4. The van der Waals surface area contributed by atoms with E-state index in [1.807, 2.05) is 0 Å². The highest BCUT2D eigenvalue weighted by atomic mass is 35.5. The molecule has 0 spiro atoms. The van der Waals surface area contributed by atoms with Crippen LogP contribution < -0.4 is 20.7 Å². The van der Waals surface area contributed by atoms with E-state index < -0.39 is 0 Å². The Balaban J connectivity index is 2.03. The molecule has 8 heteroatoms. The van der Waals surface area contributed by atoms with Gasteiger partial charge in [0, 0.05) is 24.4 Å². The van der Waals surface area contributed by atoms with Crippen LogP contribution in [-0.4, -0.2) is 18.1 Å². The van der Waals surface area contributed by atoms with Crippen molar-refractivity contribution in [3.63, 3.8) is 0 Å². The first-order chi connectivity index (χ1) is 11.4. The third-order valence-electron chi connectivity index (χ3n) is 2.97. The van der Waals surface area contributed by atoms with Crippen molar-refractivity contribution in [1.82, 2.24) is 0 Å². The number of amides is 1. The molecule has 2 rings (SSSR count). The smallest absolute Gasteiger partial charge is 0.221 e. The van der Waals surface area contributed by atoms with Crippen LogP contribution in [0.15, 0.2) is 36.4 Å². The number of hydrogen-bond acceptors (Lipinski definition) is 3. The molecule has 1 radical (unpaired) electrons. The van der Waals surface area contributed by atoms with E-state index in [1.54, 1.807) is 24.3 Å². The summed E-state index contributed by atoms with van der Waals surface area (Å²) < 4.78 is 4.98. The molecule has 0 aromatic heterocycles. The summed E-state index contributed by atoms with van der Waals surface area (Å²) in [6, 6.07) is 9.70. The van der Waals surface area contributed by atoms with Crippen LogP contribution in [0.2, 0.25) is 5.02 Å². The minimum absolute atomic E-state index is 0.146. The lowest BCUT2D eigenvalue weighted by molar-refractivity contribution is -0.114. The van der Waals surface area contributed by atoms with Gasteiger partial charge in [-0.15, -0.1) is 0 Å². The molecule has 0 fully saturated rings. The molecule has 3 N–H and O–H groups in total. The number of carbonyl (C=O) groups is 1. The molecule has 0 aliphatic carbocycles. The summed E-state index contributed by atoms with van der Waals surface area (Å²) in [6.07, 6.45) is 0. The molecule has 0 aliphatic heterocycles. The van der Waals surface area contributed by atoms with E-state index in [9.17, 15) is 9.90 Å². The second kappa shape index (κ2) is 7.85. The first-order valence-electron chi connectivity index (χ1n) is 6.89. The second-order valence-corrected chi connectivity index (χ2v) is 5.64. The SMILES string of the molecule is COc1cc([O])c(NC(=S)Nc2ccc(NC(C)=O)cc2)cc1Cl. The number of halogens is 1. The van der Waals surface area contributed by atoms with E-state index in [2.05, 4.69) is 16.0 Å². The first-order valence-corrected chi connectivity index (χ1v) is 7.68. The van der Waals surface area contributed by atoms with Gasteiger partial charge in [0.05, 0.1) is 17.8 Å². The number of thiocarbonyl (C=S) groups is 1. The number of ether oxygens (including phenoxy) is 1. The van der Waals surface area contributed by atoms with Crippen LogP contribution in [-0.2, 0) is 9.90 Å². The third-order valence-corrected chi connectivity index (χ3v) is 3.46. The van der Waals surface area contributed by atoms with Crippen molar-refractivity contribution in [3.05, 3.63) is 41.4 Å². The average Bonchev–Trinajstić information content (AvgIpc) is 2.52. The minimum atomic E-state index is -0.290. The molecule has 0 saturated carbocycles. The summed E-state index contributed by atoms with van der Waals surface area (Å²) in [5.41, 5.74) is 1.62. The highest BCUT2D eigenvalue weighted by Gasteiger charge is 2.11. The number of nitrogens with one attached hydrogen (secondary N) is 3. The number of carbonyl (C=O) groups excluding carboxylic acids is 1. The van der Waals surface area contributed by atoms with Gasteiger partial charge >= 0.3 is 0 Å². The molecule has 1 amide bonds. The Bertz CT molecular complexity index is 766. The molecule has 125 valence electrons. The summed E-state index contributed by atoms with van der Waals surface area (Å²) in [5.74, 6) is -0.131. The fourth-order valence-electron chi connectivity index (χ4n) is 1.91. The molecular weight excluding hydrogens is 350 g/mol. The lowest BCUT2D eigenvalue weighted by atomic mass is 10.2. The van der Waals surface area contributed by atoms with E-state index in [0.717, 1.165) is 0 Å². The Hall–Kier alpha value is -2.51. The van der Waals surface area contributed by atoms with Gasteiger partial charge in [0.25, 0.3) is 0 Å². The van der Waals surface area contributed by atoms with Crippen LogP contribution in [0.5, 0.6) is 11.5 Å². The predicted molar refractivity (Wildman–Crippen MR) is 98.7 cm³/mol. The summed E-state index contributed by atoms with van der Waals surface area (Å²) in [6.45, 7) is 1.44. The van der Waals surface area contributed by atoms with Gasteiger partial charge < -0.3 is 20.7 Å². The zero-order valence-corrected chi connectivity index (χ0v) is 14.5. The Morgan fingerprint density at radius 2 is 1.67 bits per heavy atom. The largest absolute Gasteiger partial charge is 0.495 e. The van der Waals surface area contributed by atoms with Crippen molar-refractivity contribution in [1.29, 1.82) is 0 Å². The molecular formula is C16H15ClN3O3S. The van der Waals surface area contributed by atoms with Gasteiger partial charge in [0.1, 0.15) is 5.75 Å². The van der Waals surface area contributed by atoms with Gasteiger partial charge in [-0.05, 0) is 42.5 Å². The number of anilines is 3. The maximum atomic E-state index is 12.0. The van der Waals surface area contributed by atoms with Crippen molar-refractivity contribution >= 4 is 51.9 Å². The van der Waals surface area contributed by atoms with Gasteiger partial charge in [0.15, 0.2) is 5.11 Å². The summed E-state index contributed by atoms with van der Waals surface area (Å²) in [7, 11) is 1.44. The van der Waals surface area contributed by atoms with Crippen molar-refractivity contribution in [2.45, 2.75) is 6.92 Å². The number of hydrogen-bond donors (Lipinski definition) is 3. The molecule has 0 unspecified atom stereocenters. The maximum Gasteiger partial charge on any atom is 0.221 e. The van der Waals surface area contributed by atoms with E-state index in [0.29, 0.717) is 22.1 Å². The minimum Gasteiger partial charge on any atom is -0.495 e. The van der Waals surface area contributed by atoms with Gasteiger partial charge in [-0.3, -0.25) is 9.90 Å². The van der Waals surface area contributed by atoms with E-state index >= 15 is 0 Å². The molecule has 6 nitrogen and oxygen atoms in total. The van der Waals surface area contributed by atoms with Gasteiger partial charge in [0.2, 0.25) is 11.7 Å². The van der Waals surface area contributed by atoms with Crippen LogP contribution in [0, 0.1) is 0 Å². The predicted octanol–water partition coefficient (Wildman–Crippen LogP) is 4.26. The third kappa shape index (κ3) is 4.74. The summed E-state index contributed by atoms with van der Waals surface area (Å²) >= 11 is 11.2. The van der Waals surface area contributed by atoms with E-state index in [1.165, 1.54) is 26.2 Å². The fourth-order valence-corrected chi connectivity index (χ4v) is 2.38. The molecule has 2 aromatic rings. The fraction of sp³-hybridized carbons (Fsp3) is 0.125. The lowest BCUT2D eigenvalue weighted by Gasteiger charge is -2.13. The molecule has 0 atom stereocenters. The number of benzene rings is 2. The van der Waals surface area contributed by atoms with Crippen LogP contribution in [0.1, 0.15) is 6.92 Å². The first kappa shape index (κ1) is 17.8. The topological polar surface area (TPSA) is 82.3 Å². The molecule has 0 heterocycles. The van der Waals surface area contributed by atoms with Gasteiger partial charge in [-0.1, -0.05) is 11.6 Å². The summed E-state index contributed by atoms with van der Waals surface area (Å²) in [5, 5.41) is 20.9. The van der Waals surface area contributed by atoms with Crippen molar-refractivity contribution in [2.75, 3.05) is 23.1 Å².